The van der Waals surface area contributed by atoms with Crippen LogP contribution >= 0.6 is 23.1 Å². The lowest BCUT2D eigenvalue weighted by Gasteiger charge is -2.07. The molecule has 5 nitrogen and oxygen atoms in total. The minimum absolute atomic E-state index is 0.113. The Kier molecular flexibility index (Phi) is 6.18. The number of benzene rings is 1. The minimum atomic E-state index is -0.147. The number of thiazole rings is 1. The standard InChI is InChI=1S/C16H19N3O2S2/c1-4-17-15(21)11-6-5-7-12(8-11)19-14(20)9-13-10(2)18-16(22-3)23-13/h5-8H,4,9H2,1-3H3,(H,17,21)(H,19,20). The third-order valence-corrected chi connectivity index (χ3v) is 5.26. The van der Waals surface area contributed by atoms with Crippen LogP contribution in [0.25, 0.3) is 0 Å². The highest BCUT2D eigenvalue weighted by Gasteiger charge is 2.12. The molecule has 0 aliphatic rings. The van der Waals surface area contributed by atoms with Crippen molar-refractivity contribution in [3.8, 4) is 0 Å². The highest BCUT2D eigenvalue weighted by Crippen LogP contribution is 2.26. The first kappa shape index (κ1) is 17.5. The third kappa shape index (κ3) is 4.80. The Morgan fingerprint density at radius 1 is 1.35 bits per heavy atom. The fourth-order valence-corrected chi connectivity index (χ4v) is 3.66. The Morgan fingerprint density at radius 3 is 2.78 bits per heavy atom. The molecule has 122 valence electrons. The predicted molar refractivity (Wildman–Crippen MR) is 95.4 cm³/mol. The molecule has 0 radical (unpaired) electrons. The summed E-state index contributed by atoms with van der Waals surface area (Å²) in [6, 6.07) is 6.92. The molecule has 23 heavy (non-hydrogen) atoms. The molecule has 0 saturated heterocycles. The van der Waals surface area contributed by atoms with Gasteiger partial charge in [0.2, 0.25) is 5.91 Å². The van der Waals surface area contributed by atoms with Gasteiger partial charge >= 0.3 is 0 Å². The molecular weight excluding hydrogens is 330 g/mol. The van der Waals surface area contributed by atoms with E-state index < -0.39 is 0 Å². The van der Waals surface area contributed by atoms with Crippen LogP contribution in [-0.2, 0) is 11.2 Å². The first-order valence-electron chi connectivity index (χ1n) is 7.22. The highest BCUT2D eigenvalue weighted by molar-refractivity contribution is 8.00. The number of nitrogens with zero attached hydrogens (tertiary/aromatic N) is 1. The van der Waals surface area contributed by atoms with E-state index in [1.807, 2.05) is 20.1 Å². The topological polar surface area (TPSA) is 71.1 Å². The van der Waals surface area contributed by atoms with Crippen molar-refractivity contribution in [1.82, 2.24) is 10.3 Å². The molecule has 0 bridgehead atoms. The average molecular weight is 349 g/mol. The number of amides is 2. The summed E-state index contributed by atoms with van der Waals surface area (Å²) in [4.78, 5) is 29.4. The smallest absolute Gasteiger partial charge is 0.251 e. The lowest BCUT2D eigenvalue weighted by atomic mass is 10.2. The molecule has 0 fully saturated rings. The number of aromatic nitrogens is 1. The van der Waals surface area contributed by atoms with Gasteiger partial charge in [-0.05, 0) is 38.3 Å². The van der Waals surface area contributed by atoms with Crippen LogP contribution in [0.5, 0.6) is 0 Å². The SMILES string of the molecule is CCNC(=O)c1cccc(NC(=O)Cc2sc(SC)nc2C)c1. The van der Waals surface area contributed by atoms with Crippen LogP contribution in [0.3, 0.4) is 0 Å². The van der Waals surface area contributed by atoms with E-state index >= 15 is 0 Å². The summed E-state index contributed by atoms with van der Waals surface area (Å²) >= 11 is 3.12. The number of rotatable bonds is 6. The number of hydrogen-bond donors (Lipinski definition) is 2. The molecule has 0 aliphatic heterocycles. The fraction of sp³-hybridized carbons (Fsp3) is 0.312. The summed E-state index contributed by atoms with van der Waals surface area (Å²) < 4.78 is 0.962. The van der Waals surface area contributed by atoms with E-state index in [0.29, 0.717) is 17.8 Å². The van der Waals surface area contributed by atoms with E-state index in [2.05, 4.69) is 15.6 Å². The van der Waals surface area contributed by atoms with Crippen molar-refractivity contribution in [2.45, 2.75) is 24.6 Å². The molecule has 0 unspecified atom stereocenters. The zero-order valence-corrected chi connectivity index (χ0v) is 14.9. The number of carbonyl (C=O) groups is 2. The van der Waals surface area contributed by atoms with Crippen molar-refractivity contribution in [2.75, 3.05) is 18.1 Å². The van der Waals surface area contributed by atoms with Crippen molar-refractivity contribution in [2.24, 2.45) is 0 Å². The van der Waals surface area contributed by atoms with Crippen LogP contribution in [0.2, 0.25) is 0 Å². The molecular formula is C16H19N3O2S2. The summed E-state index contributed by atoms with van der Waals surface area (Å²) in [7, 11) is 0. The van der Waals surface area contributed by atoms with Crippen molar-refractivity contribution >= 4 is 40.6 Å². The molecule has 2 amide bonds. The van der Waals surface area contributed by atoms with Gasteiger partial charge < -0.3 is 10.6 Å². The molecule has 1 aromatic carbocycles. The largest absolute Gasteiger partial charge is 0.352 e. The molecule has 2 N–H and O–H groups in total. The van der Waals surface area contributed by atoms with Crippen molar-refractivity contribution < 1.29 is 9.59 Å². The Morgan fingerprint density at radius 2 is 2.13 bits per heavy atom. The summed E-state index contributed by atoms with van der Waals surface area (Å²) in [6.45, 7) is 4.34. The maximum atomic E-state index is 12.2. The van der Waals surface area contributed by atoms with Crippen molar-refractivity contribution in [3.05, 3.63) is 40.4 Å². The van der Waals surface area contributed by atoms with Gasteiger partial charge in [0, 0.05) is 22.7 Å². The van der Waals surface area contributed by atoms with Gasteiger partial charge in [-0.25, -0.2) is 4.98 Å². The molecule has 1 heterocycles. The first-order chi connectivity index (χ1) is 11.0. The Labute approximate surface area is 143 Å². The van der Waals surface area contributed by atoms with E-state index in [-0.39, 0.29) is 18.2 Å². The minimum Gasteiger partial charge on any atom is -0.352 e. The number of aryl methyl sites for hydroxylation is 1. The lowest BCUT2D eigenvalue weighted by Crippen LogP contribution is -2.23. The second-order valence-corrected chi connectivity index (χ2v) is 6.99. The molecule has 1 aromatic heterocycles. The summed E-state index contributed by atoms with van der Waals surface area (Å²) in [5.41, 5.74) is 2.04. The quantitative estimate of drug-likeness (QED) is 0.786. The van der Waals surface area contributed by atoms with Gasteiger partial charge in [-0.3, -0.25) is 9.59 Å². The Hall–Kier alpha value is -1.86. The normalized spacial score (nSPS) is 10.4. The first-order valence-corrected chi connectivity index (χ1v) is 9.26. The van der Waals surface area contributed by atoms with Crippen molar-refractivity contribution in [1.29, 1.82) is 0 Å². The van der Waals surface area contributed by atoms with E-state index in [1.165, 1.54) is 11.3 Å². The zero-order valence-electron chi connectivity index (χ0n) is 13.3. The molecule has 0 aliphatic carbocycles. The van der Waals surface area contributed by atoms with Gasteiger partial charge in [0.25, 0.3) is 5.91 Å². The summed E-state index contributed by atoms with van der Waals surface area (Å²) in [5.74, 6) is -0.260. The van der Waals surface area contributed by atoms with E-state index in [4.69, 9.17) is 0 Å². The molecule has 2 rings (SSSR count). The van der Waals surface area contributed by atoms with E-state index in [1.54, 1.807) is 36.0 Å². The highest BCUT2D eigenvalue weighted by atomic mass is 32.2. The van der Waals surface area contributed by atoms with Crippen LogP contribution in [0.15, 0.2) is 28.6 Å². The Bertz CT molecular complexity index is 713. The predicted octanol–water partition coefficient (Wildman–Crippen LogP) is 3.10. The van der Waals surface area contributed by atoms with Crippen LogP contribution in [-0.4, -0.2) is 29.6 Å². The van der Waals surface area contributed by atoms with Gasteiger partial charge in [0.15, 0.2) is 0 Å². The molecule has 0 saturated carbocycles. The molecule has 0 atom stereocenters. The van der Waals surface area contributed by atoms with Crippen LogP contribution in [0, 0.1) is 6.92 Å². The number of thioether (sulfide) groups is 1. The van der Waals surface area contributed by atoms with Gasteiger partial charge in [0.1, 0.15) is 4.34 Å². The molecule has 7 heteroatoms. The number of hydrogen-bond acceptors (Lipinski definition) is 5. The van der Waals surface area contributed by atoms with Gasteiger partial charge in [0.05, 0.1) is 12.1 Å². The van der Waals surface area contributed by atoms with Crippen molar-refractivity contribution in [3.63, 3.8) is 0 Å². The van der Waals surface area contributed by atoms with Gasteiger partial charge in [-0.1, -0.05) is 17.8 Å². The zero-order chi connectivity index (χ0) is 16.8. The summed E-state index contributed by atoms with van der Waals surface area (Å²) in [6.07, 6.45) is 2.25. The van der Waals surface area contributed by atoms with Gasteiger partial charge in [-0.2, -0.15) is 0 Å². The summed E-state index contributed by atoms with van der Waals surface area (Å²) in [5, 5.41) is 5.57. The second kappa shape index (κ2) is 8.12. The number of anilines is 1. The van der Waals surface area contributed by atoms with Gasteiger partial charge in [-0.15, -0.1) is 11.3 Å². The third-order valence-electron chi connectivity index (χ3n) is 3.11. The maximum absolute atomic E-state index is 12.2. The maximum Gasteiger partial charge on any atom is 0.251 e. The van der Waals surface area contributed by atoms with E-state index in [0.717, 1.165) is 14.9 Å². The number of nitrogens with one attached hydrogen (secondary N) is 2. The second-order valence-electron chi connectivity index (χ2n) is 4.86. The van der Waals surface area contributed by atoms with Crippen LogP contribution in [0.1, 0.15) is 27.9 Å². The van der Waals surface area contributed by atoms with Crippen LogP contribution < -0.4 is 10.6 Å². The molecule has 0 spiro atoms. The lowest BCUT2D eigenvalue weighted by molar-refractivity contribution is -0.115. The molecule has 2 aromatic rings. The number of carbonyl (C=O) groups excluding carboxylic acids is 2. The average Bonchev–Trinajstić information content (AvgIpc) is 2.88. The van der Waals surface area contributed by atoms with Crippen LogP contribution in [0.4, 0.5) is 5.69 Å². The Balaban J connectivity index is 2.03. The fourth-order valence-electron chi connectivity index (χ4n) is 2.00. The van der Waals surface area contributed by atoms with E-state index in [9.17, 15) is 9.59 Å². The monoisotopic (exact) mass is 349 g/mol.